The number of carbonyl (C=O) groups excluding carboxylic acids is 1. The fraction of sp³-hybridized carbons (Fsp3) is 0.400. The van der Waals surface area contributed by atoms with Crippen molar-refractivity contribution in [2.45, 2.75) is 25.9 Å². The van der Waals surface area contributed by atoms with Crippen molar-refractivity contribution >= 4 is 21.8 Å². The summed E-state index contributed by atoms with van der Waals surface area (Å²) in [6, 6.07) is 8.25. The van der Waals surface area contributed by atoms with Crippen molar-refractivity contribution in [2.24, 2.45) is 4.40 Å². The number of hydrogen-bond acceptors (Lipinski definition) is 5. The van der Waals surface area contributed by atoms with E-state index >= 15 is 0 Å². The Kier molecular flexibility index (Phi) is 5.32. The van der Waals surface area contributed by atoms with Gasteiger partial charge in [-0.05, 0) is 49.2 Å². The second-order valence-corrected chi connectivity index (χ2v) is 9.05. The lowest BCUT2D eigenvalue weighted by molar-refractivity contribution is -0.117. The number of amidine groups is 1. The third-order valence-electron chi connectivity index (χ3n) is 5.18. The molecule has 0 saturated carbocycles. The summed E-state index contributed by atoms with van der Waals surface area (Å²) in [4.78, 5) is 16.8. The molecule has 1 N–H and O–H groups in total. The molecule has 3 aliphatic rings. The zero-order valence-electron chi connectivity index (χ0n) is 15.7. The van der Waals surface area contributed by atoms with Crippen LogP contribution >= 0.6 is 0 Å². The second-order valence-electron chi connectivity index (χ2n) is 7.30. The molecule has 1 fully saturated rings. The van der Waals surface area contributed by atoms with Gasteiger partial charge in [0.25, 0.3) is 15.9 Å². The van der Waals surface area contributed by atoms with E-state index in [0.29, 0.717) is 13.1 Å². The van der Waals surface area contributed by atoms with E-state index in [1.807, 2.05) is 12.1 Å². The average Bonchev–Trinajstić information content (AvgIpc) is 3.19. The molecular formula is C20H24N4O3S. The Morgan fingerprint density at radius 2 is 1.79 bits per heavy atom. The van der Waals surface area contributed by atoms with Gasteiger partial charge in [0.2, 0.25) is 0 Å². The van der Waals surface area contributed by atoms with Crippen molar-refractivity contribution in [3.63, 3.8) is 0 Å². The van der Waals surface area contributed by atoms with Crippen LogP contribution in [-0.2, 0) is 27.9 Å². The molecule has 0 bridgehead atoms. The van der Waals surface area contributed by atoms with E-state index < -0.39 is 10.0 Å². The van der Waals surface area contributed by atoms with Gasteiger partial charge in [-0.1, -0.05) is 24.3 Å². The lowest BCUT2D eigenvalue weighted by Crippen LogP contribution is -2.42. The van der Waals surface area contributed by atoms with E-state index in [1.54, 1.807) is 23.3 Å². The van der Waals surface area contributed by atoms with Crippen LogP contribution in [0.15, 0.2) is 52.6 Å². The summed E-state index contributed by atoms with van der Waals surface area (Å²) in [7, 11) is -3.51. The van der Waals surface area contributed by atoms with Crippen LogP contribution in [0.5, 0.6) is 0 Å². The average molecular weight is 401 g/mol. The van der Waals surface area contributed by atoms with Crippen LogP contribution in [0, 0.1) is 0 Å². The Balaban J connectivity index is 1.38. The van der Waals surface area contributed by atoms with Gasteiger partial charge in [-0.2, -0.15) is 0 Å². The number of likely N-dealkylation sites (tertiary alicyclic amines) is 1. The maximum atomic E-state index is 12.6. The summed E-state index contributed by atoms with van der Waals surface area (Å²) in [5, 5.41) is 2.87. The zero-order valence-corrected chi connectivity index (χ0v) is 16.5. The standard InChI is InChI=1S/C20H24N4O3S/c25-20(18-4-3-11-24-12-13-28(26,27)22-19(18)24)21-14-16-5-7-17(8-6-16)15-23-9-1-2-10-23/h3-8,11H,1-2,9-10,12-15H2,(H,21,25). The Labute approximate surface area is 165 Å². The molecule has 1 saturated heterocycles. The molecule has 0 radical (unpaired) electrons. The van der Waals surface area contributed by atoms with Gasteiger partial charge in [0.1, 0.15) is 0 Å². The number of sulfonamides is 1. The van der Waals surface area contributed by atoms with Gasteiger partial charge in [-0.25, -0.2) is 8.42 Å². The topological polar surface area (TPSA) is 82.1 Å². The first-order valence-electron chi connectivity index (χ1n) is 9.57. The van der Waals surface area contributed by atoms with Gasteiger partial charge in [0, 0.05) is 25.8 Å². The number of amides is 1. The van der Waals surface area contributed by atoms with Gasteiger partial charge < -0.3 is 10.2 Å². The first kappa shape index (κ1) is 18.9. The van der Waals surface area contributed by atoms with Crippen LogP contribution < -0.4 is 5.32 Å². The predicted molar refractivity (Wildman–Crippen MR) is 108 cm³/mol. The molecule has 28 heavy (non-hydrogen) atoms. The molecule has 0 aliphatic carbocycles. The molecule has 3 heterocycles. The molecule has 1 aromatic carbocycles. The summed E-state index contributed by atoms with van der Waals surface area (Å²) >= 11 is 0. The monoisotopic (exact) mass is 400 g/mol. The minimum atomic E-state index is -3.51. The Hall–Kier alpha value is -2.45. The van der Waals surface area contributed by atoms with E-state index in [9.17, 15) is 13.2 Å². The first-order valence-corrected chi connectivity index (χ1v) is 11.2. The smallest absolute Gasteiger partial charge is 0.256 e. The number of nitrogens with one attached hydrogen (secondary N) is 1. The van der Waals surface area contributed by atoms with E-state index in [2.05, 4.69) is 26.7 Å². The molecular weight excluding hydrogens is 376 g/mol. The predicted octanol–water partition coefficient (Wildman–Crippen LogP) is 1.40. The minimum Gasteiger partial charge on any atom is -0.348 e. The Morgan fingerprint density at radius 1 is 1.07 bits per heavy atom. The zero-order chi connectivity index (χ0) is 19.6. The van der Waals surface area contributed by atoms with Crippen LogP contribution in [0.3, 0.4) is 0 Å². The van der Waals surface area contributed by atoms with Gasteiger partial charge >= 0.3 is 0 Å². The largest absolute Gasteiger partial charge is 0.348 e. The van der Waals surface area contributed by atoms with E-state index in [4.69, 9.17) is 0 Å². The van der Waals surface area contributed by atoms with Gasteiger partial charge in [0.15, 0.2) is 5.84 Å². The molecule has 7 nitrogen and oxygen atoms in total. The number of rotatable bonds is 5. The summed E-state index contributed by atoms with van der Waals surface area (Å²) in [5.74, 6) is -0.168. The summed E-state index contributed by atoms with van der Waals surface area (Å²) in [6.07, 6.45) is 7.63. The van der Waals surface area contributed by atoms with Crippen LogP contribution in [0.4, 0.5) is 0 Å². The third-order valence-corrected chi connectivity index (χ3v) is 6.33. The van der Waals surface area contributed by atoms with Crippen molar-refractivity contribution in [3.05, 3.63) is 59.3 Å². The van der Waals surface area contributed by atoms with Crippen LogP contribution in [0.25, 0.3) is 0 Å². The lowest BCUT2D eigenvalue weighted by Gasteiger charge is -2.28. The number of nitrogens with zero attached hydrogens (tertiary/aromatic N) is 3. The number of benzene rings is 1. The molecule has 8 heteroatoms. The van der Waals surface area contributed by atoms with Gasteiger partial charge in [-0.15, -0.1) is 4.40 Å². The van der Waals surface area contributed by atoms with Crippen molar-refractivity contribution in [3.8, 4) is 0 Å². The highest BCUT2D eigenvalue weighted by atomic mass is 32.2. The highest BCUT2D eigenvalue weighted by molar-refractivity contribution is 7.90. The minimum absolute atomic E-state index is 0.0421. The maximum Gasteiger partial charge on any atom is 0.256 e. The SMILES string of the molecule is O=C(NCc1ccc(CN2CCCC2)cc1)C1=CC=CN2CCS(=O)(=O)N=C12. The molecule has 148 valence electrons. The lowest BCUT2D eigenvalue weighted by atomic mass is 10.1. The molecule has 0 unspecified atom stereocenters. The Morgan fingerprint density at radius 3 is 2.54 bits per heavy atom. The number of fused-ring (bicyclic) bond motifs is 1. The molecule has 1 amide bonds. The van der Waals surface area contributed by atoms with Crippen molar-refractivity contribution in [1.29, 1.82) is 0 Å². The highest BCUT2D eigenvalue weighted by Gasteiger charge is 2.29. The van der Waals surface area contributed by atoms with E-state index in [0.717, 1.165) is 25.2 Å². The first-order chi connectivity index (χ1) is 13.5. The molecule has 3 aliphatic heterocycles. The van der Waals surface area contributed by atoms with Crippen molar-refractivity contribution in [1.82, 2.24) is 15.1 Å². The molecule has 0 atom stereocenters. The maximum absolute atomic E-state index is 12.6. The molecule has 0 aromatic heterocycles. The summed E-state index contributed by atoms with van der Waals surface area (Å²) < 4.78 is 27.4. The van der Waals surface area contributed by atoms with E-state index in [1.165, 1.54) is 18.4 Å². The highest BCUT2D eigenvalue weighted by Crippen LogP contribution is 2.18. The van der Waals surface area contributed by atoms with Gasteiger partial charge in [0.05, 0.1) is 11.3 Å². The number of hydrogen-bond donors (Lipinski definition) is 1. The third kappa shape index (κ3) is 4.34. The fourth-order valence-corrected chi connectivity index (χ4v) is 4.62. The molecule has 0 spiro atoms. The van der Waals surface area contributed by atoms with Crippen molar-refractivity contribution < 1.29 is 13.2 Å². The summed E-state index contributed by atoms with van der Waals surface area (Å²) in [5.41, 5.74) is 2.55. The van der Waals surface area contributed by atoms with Gasteiger partial charge in [-0.3, -0.25) is 9.69 Å². The number of carbonyl (C=O) groups is 1. The molecule has 1 aromatic rings. The fourth-order valence-electron chi connectivity index (χ4n) is 3.63. The quantitative estimate of drug-likeness (QED) is 0.808. The van der Waals surface area contributed by atoms with Crippen LogP contribution in [0.2, 0.25) is 0 Å². The second kappa shape index (κ2) is 7.89. The van der Waals surface area contributed by atoms with Crippen LogP contribution in [0.1, 0.15) is 24.0 Å². The molecule has 4 rings (SSSR count). The van der Waals surface area contributed by atoms with Crippen LogP contribution in [-0.4, -0.2) is 55.3 Å². The van der Waals surface area contributed by atoms with E-state index in [-0.39, 0.29) is 23.1 Å². The normalized spacial score (nSPS) is 21.1. The van der Waals surface area contributed by atoms with Crippen molar-refractivity contribution in [2.75, 3.05) is 25.4 Å². The Bertz CT molecular complexity index is 942. The summed E-state index contributed by atoms with van der Waals surface area (Å²) in [6.45, 7) is 3.98. The number of allylic oxidation sites excluding steroid dienone is 2.